The molecular weight excluding hydrogens is 270 g/mol. The first-order chi connectivity index (χ1) is 9.72. The van der Waals surface area contributed by atoms with Crippen molar-refractivity contribution in [2.75, 3.05) is 50.8 Å². The molecule has 0 aromatic rings. The minimum Gasteiger partial charge on any atom is -0.374 e. The number of nitrogens with two attached hydrogens (primary N) is 1. The molecule has 3 aliphatic rings. The Morgan fingerprint density at radius 3 is 2.80 bits per heavy atom. The van der Waals surface area contributed by atoms with Crippen LogP contribution in [-0.2, 0) is 4.74 Å². The monoisotopic (exact) mass is 299 g/mol. The van der Waals surface area contributed by atoms with Gasteiger partial charge in [-0.25, -0.2) is 0 Å². The molecule has 20 heavy (non-hydrogen) atoms. The van der Waals surface area contributed by atoms with Crippen molar-refractivity contribution >= 4 is 11.8 Å². The first-order valence-electron chi connectivity index (χ1n) is 8.12. The quantitative estimate of drug-likeness (QED) is 0.842. The third kappa shape index (κ3) is 3.17. The molecule has 4 nitrogen and oxygen atoms in total. The second-order valence-corrected chi connectivity index (χ2v) is 7.74. The lowest BCUT2D eigenvalue weighted by Crippen LogP contribution is -2.57. The molecule has 3 rings (SSSR count). The molecule has 0 aliphatic carbocycles. The van der Waals surface area contributed by atoms with Gasteiger partial charge in [0.2, 0.25) is 0 Å². The first-order valence-corrected chi connectivity index (χ1v) is 9.28. The highest BCUT2D eigenvalue weighted by molar-refractivity contribution is 7.99. The average Bonchev–Trinajstić information content (AvgIpc) is 2.94. The summed E-state index contributed by atoms with van der Waals surface area (Å²) in [6.45, 7) is 8.75. The van der Waals surface area contributed by atoms with Crippen LogP contribution in [-0.4, -0.2) is 78.3 Å². The van der Waals surface area contributed by atoms with Crippen LogP contribution in [0.5, 0.6) is 0 Å². The molecule has 3 heterocycles. The Morgan fingerprint density at radius 1 is 1.35 bits per heavy atom. The smallest absolute Gasteiger partial charge is 0.0795 e. The van der Waals surface area contributed by atoms with Gasteiger partial charge in [0.05, 0.1) is 5.60 Å². The van der Waals surface area contributed by atoms with Crippen LogP contribution < -0.4 is 5.73 Å². The van der Waals surface area contributed by atoms with Gasteiger partial charge in [-0.15, -0.1) is 0 Å². The van der Waals surface area contributed by atoms with Crippen LogP contribution in [0.25, 0.3) is 0 Å². The highest BCUT2D eigenvalue weighted by Gasteiger charge is 2.42. The lowest BCUT2D eigenvalue weighted by atomic mass is 9.88. The summed E-state index contributed by atoms with van der Waals surface area (Å²) in [5, 5.41) is 0. The molecule has 0 saturated carbocycles. The van der Waals surface area contributed by atoms with Gasteiger partial charge in [-0.3, -0.25) is 9.80 Å². The molecule has 0 aromatic heterocycles. The van der Waals surface area contributed by atoms with Crippen LogP contribution in [0.15, 0.2) is 0 Å². The van der Waals surface area contributed by atoms with E-state index < -0.39 is 0 Å². The molecule has 0 radical (unpaired) electrons. The van der Waals surface area contributed by atoms with Gasteiger partial charge in [-0.1, -0.05) is 0 Å². The van der Waals surface area contributed by atoms with Gasteiger partial charge < -0.3 is 10.5 Å². The van der Waals surface area contributed by atoms with E-state index in [9.17, 15) is 0 Å². The predicted octanol–water partition coefficient (Wildman–Crippen LogP) is 1.01. The lowest BCUT2D eigenvalue weighted by Gasteiger charge is -2.46. The number of thioether (sulfide) groups is 1. The lowest BCUT2D eigenvalue weighted by molar-refractivity contribution is -0.0948. The summed E-state index contributed by atoms with van der Waals surface area (Å²) in [6, 6.07) is 1.28. The number of piperazine rings is 1. The molecule has 0 amide bonds. The summed E-state index contributed by atoms with van der Waals surface area (Å²) in [5.41, 5.74) is 6.00. The minimum absolute atomic E-state index is 0.218. The van der Waals surface area contributed by atoms with Crippen molar-refractivity contribution < 1.29 is 4.74 Å². The molecule has 3 saturated heterocycles. The van der Waals surface area contributed by atoms with Crippen LogP contribution in [0.1, 0.15) is 26.2 Å². The molecular formula is C15H29N3OS. The van der Waals surface area contributed by atoms with Gasteiger partial charge in [0.15, 0.2) is 0 Å². The van der Waals surface area contributed by atoms with Crippen LogP contribution in [0.2, 0.25) is 0 Å². The molecule has 3 fully saturated rings. The summed E-state index contributed by atoms with van der Waals surface area (Å²) in [6.07, 6.45) is 3.74. The van der Waals surface area contributed by atoms with Crippen LogP contribution in [0.4, 0.5) is 0 Å². The second kappa shape index (κ2) is 6.53. The number of nitrogens with zero attached hydrogens (tertiary/aromatic N) is 2. The minimum atomic E-state index is 0.218. The van der Waals surface area contributed by atoms with E-state index in [-0.39, 0.29) is 5.60 Å². The normalized spacial score (nSPS) is 38.4. The third-order valence-electron chi connectivity index (χ3n) is 5.36. The van der Waals surface area contributed by atoms with Gasteiger partial charge in [-0.2, -0.15) is 11.8 Å². The molecule has 2 N–H and O–H groups in total. The molecule has 5 heteroatoms. The maximum Gasteiger partial charge on any atom is 0.0795 e. The molecule has 3 unspecified atom stereocenters. The van der Waals surface area contributed by atoms with Crippen molar-refractivity contribution in [3.05, 3.63) is 0 Å². The Morgan fingerprint density at radius 2 is 2.15 bits per heavy atom. The maximum absolute atomic E-state index is 6.15. The molecule has 116 valence electrons. The van der Waals surface area contributed by atoms with Crippen molar-refractivity contribution in [2.45, 2.75) is 43.9 Å². The third-order valence-corrected chi connectivity index (χ3v) is 6.59. The zero-order valence-electron chi connectivity index (χ0n) is 12.7. The maximum atomic E-state index is 6.15. The number of hydrogen-bond acceptors (Lipinski definition) is 5. The highest BCUT2D eigenvalue weighted by atomic mass is 32.2. The number of ether oxygens (including phenoxy) is 1. The van der Waals surface area contributed by atoms with E-state index in [0.29, 0.717) is 6.04 Å². The van der Waals surface area contributed by atoms with E-state index in [1.54, 1.807) is 0 Å². The Kier molecular flexibility index (Phi) is 4.93. The van der Waals surface area contributed by atoms with Crippen molar-refractivity contribution in [1.29, 1.82) is 0 Å². The summed E-state index contributed by atoms with van der Waals surface area (Å²) in [4.78, 5) is 5.25. The Bertz CT molecular complexity index is 314. The van der Waals surface area contributed by atoms with E-state index in [1.807, 2.05) is 0 Å². The fourth-order valence-corrected chi connectivity index (χ4v) is 5.25. The molecule has 0 bridgehead atoms. The zero-order chi connectivity index (χ0) is 14.0. The fraction of sp³-hybridized carbons (Fsp3) is 1.00. The standard InChI is InChI=1S/C15H29N3OS/c1-13(11-16)17-4-6-18(7-5-17)14-2-8-19-15(10-14)3-9-20-12-15/h13-14H,2-12,16H2,1H3. The highest BCUT2D eigenvalue weighted by Crippen LogP contribution is 2.39. The number of hydrogen-bond donors (Lipinski definition) is 1. The zero-order valence-corrected chi connectivity index (χ0v) is 13.5. The summed E-state index contributed by atoms with van der Waals surface area (Å²) in [7, 11) is 0. The average molecular weight is 299 g/mol. The Hall–Kier alpha value is 0.190. The largest absolute Gasteiger partial charge is 0.374 e. The van der Waals surface area contributed by atoms with Crippen molar-refractivity contribution in [1.82, 2.24) is 9.80 Å². The van der Waals surface area contributed by atoms with E-state index in [2.05, 4.69) is 28.5 Å². The van der Waals surface area contributed by atoms with E-state index >= 15 is 0 Å². The molecule has 0 aromatic carbocycles. The Labute approximate surface area is 127 Å². The predicted molar refractivity (Wildman–Crippen MR) is 85.3 cm³/mol. The van der Waals surface area contributed by atoms with Gasteiger partial charge >= 0.3 is 0 Å². The number of rotatable bonds is 3. The van der Waals surface area contributed by atoms with Crippen molar-refractivity contribution in [2.24, 2.45) is 5.73 Å². The van der Waals surface area contributed by atoms with Gasteiger partial charge in [-0.05, 0) is 31.9 Å². The Balaban J connectivity index is 1.52. The van der Waals surface area contributed by atoms with Crippen LogP contribution in [0, 0.1) is 0 Å². The molecule has 3 aliphatic heterocycles. The fourth-order valence-electron chi connectivity index (χ4n) is 3.87. The van der Waals surface area contributed by atoms with Gasteiger partial charge in [0, 0.05) is 57.2 Å². The van der Waals surface area contributed by atoms with Crippen molar-refractivity contribution in [3.63, 3.8) is 0 Å². The van der Waals surface area contributed by atoms with Gasteiger partial charge in [0.25, 0.3) is 0 Å². The molecule has 1 spiro atoms. The SMILES string of the molecule is CC(CN)N1CCN(C2CCOC3(CCSC3)C2)CC1. The molecule has 3 atom stereocenters. The van der Waals surface area contributed by atoms with Crippen molar-refractivity contribution in [3.8, 4) is 0 Å². The van der Waals surface area contributed by atoms with Crippen LogP contribution in [0.3, 0.4) is 0 Å². The topological polar surface area (TPSA) is 41.7 Å². The summed E-state index contributed by atoms with van der Waals surface area (Å²) < 4.78 is 6.15. The van der Waals surface area contributed by atoms with Gasteiger partial charge in [0.1, 0.15) is 0 Å². The summed E-state index contributed by atoms with van der Waals surface area (Å²) >= 11 is 2.07. The van der Waals surface area contributed by atoms with E-state index in [1.165, 1.54) is 56.9 Å². The van der Waals surface area contributed by atoms with E-state index in [4.69, 9.17) is 10.5 Å². The second-order valence-electron chi connectivity index (χ2n) is 6.64. The van der Waals surface area contributed by atoms with Crippen LogP contribution >= 0.6 is 11.8 Å². The first kappa shape index (κ1) is 15.1. The summed E-state index contributed by atoms with van der Waals surface area (Å²) in [5.74, 6) is 2.50. The van der Waals surface area contributed by atoms with E-state index in [0.717, 1.165) is 19.2 Å².